The fraction of sp³-hybridized carbons (Fsp3) is 0.697. The van der Waals surface area contributed by atoms with Gasteiger partial charge in [0, 0.05) is 24.5 Å². The molecule has 0 bridgehead atoms. The molecule has 1 amide bonds. The van der Waals surface area contributed by atoms with Crippen LogP contribution in [0.15, 0.2) is 18.6 Å². The van der Waals surface area contributed by atoms with Crippen LogP contribution in [-0.4, -0.2) is 59.6 Å². The highest BCUT2D eigenvalue weighted by atomic mass is 35.5. The zero-order chi connectivity index (χ0) is 35.4. The van der Waals surface area contributed by atoms with E-state index in [2.05, 4.69) is 30.9 Å². The summed E-state index contributed by atoms with van der Waals surface area (Å²) < 4.78 is 57.6. The fourth-order valence-corrected chi connectivity index (χ4v) is 9.86. The maximum Gasteiger partial charge on any atom is 0.433 e. The number of esters is 1. The Hall–Kier alpha value is -2.15. The van der Waals surface area contributed by atoms with Crippen LogP contribution in [0.1, 0.15) is 115 Å². The van der Waals surface area contributed by atoms with Crippen molar-refractivity contribution in [2.45, 2.75) is 118 Å². The van der Waals surface area contributed by atoms with Crippen LogP contribution in [0.3, 0.4) is 0 Å². The minimum absolute atomic E-state index is 0.0713. The first-order valence-corrected chi connectivity index (χ1v) is 19.7. The van der Waals surface area contributed by atoms with E-state index < -0.39 is 54.6 Å². The molecule has 2 aromatic rings. The maximum absolute atomic E-state index is 14.9. The Bertz CT molecular complexity index is 1360. The van der Waals surface area contributed by atoms with E-state index in [0.29, 0.717) is 18.4 Å². The molecule has 8 nitrogen and oxygen atoms in total. The fourth-order valence-electron chi connectivity index (χ4n) is 6.45. The molecule has 0 saturated heterocycles. The second-order valence-electron chi connectivity index (χ2n) is 14.0. The molecule has 47 heavy (non-hydrogen) atoms. The van der Waals surface area contributed by atoms with Gasteiger partial charge < -0.3 is 14.1 Å². The number of aromatic nitrogens is 3. The van der Waals surface area contributed by atoms with Crippen LogP contribution in [0.25, 0.3) is 0 Å². The van der Waals surface area contributed by atoms with Gasteiger partial charge in [0.25, 0.3) is 5.91 Å². The molecule has 0 N–H and O–H groups in total. The lowest BCUT2D eigenvalue weighted by molar-refractivity contribution is -0.157. The third-order valence-corrected chi connectivity index (χ3v) is 14.6. The Kier molecular flexibility index (Phi) is 13.0. The molecule has 0 aromatic carbocycles. The zero-order valence-electron chi connectivity index (χ0n) is 28.8. The van der Waals surface area contributed by atoms with E-state index in [4.69, 9.17) is 32.4 Å². The highest BCUT2D eigenvalue weighted by Gasteiger charge is 2.46. The summed E-state index contributed by atoms with van der Waals surface area (Å²) in [6, 6.07) is 1.76. The summed E-state index contributed by atoms with van der Waals surface area (Å²) in [7, 11) is -2.34. The first-order chi connectivity index (χ1) is 21.8. The average Bonchev–Trinajstić information content (AvgIpc) is 3.45. The number of carbonyl (C=O) groups is 2. The average molecular weight is 722 g/mol. The number of ether oxygens (including phenoxy) is 1. The molecule has 3 rings (SSSR count). The van der Waals surface area contributed by atoms with Gasteiger partial charge in [0.15, 0.2) is 14.0 Å². The number of alkyl halides is 3. The van der Waals surface area contributed by atoms with Crippen molar-refractivity contribution in [3.05, 3.63) is 45.5 Å². The van der Waals surface area contributed by atoms with Gasteiger partial charge in [-0.1, -0.05) is 64.7 Å². The Labute approximate surface area is 287 Å². The van der Waals surface area contributed by atoms with Gasteiger partial charge in [-0.15, -0.1) is 0 Å². The third-order valence-electron chi connectivity index (χ3n) is 9.34. The van der Waals surface area contributed by atoms with Gasteiger partial charge in [-0.25, -0.2) is 0 Å². The number of pyridine rings is 1. The van der Waals surface area contributed by atoms with E-state index >= 15 is 0 Å². The van der Waals surface area contributed by atoms with Gasteiger partial charge in [0.2, 0.25) is 0 Å². The lowest BCUT2D eigenvalue weighted by Gasteiger charge is -2.38. The van der Waals surface area contributed by atoms with E-state index in [-0.39, 0.29) is 48.6 Å². The van der Waals surface area contributed by atoms with E-state index in [9.17, 15) is 22.8 Å². The molecule has 0 spiro atoms. The summed E-state index contributed by atoms with van der Waals surface area (Å²) in [5.74, 6) is -1.16. The summed E-state index contributed by atoms with van der Waals surface area (Å²) >= 11 is 13.2. The summed E-state index contributed by atoms with van der Waals surface area (Å²) in [6.45, 7) is 15.7. The van der Waals surface area contributed by atoms with E-state index in [0.717, 1.165) is 29.0 Å². The lowest BCUT2D eigenvalue weighted by Crippen LogP contribution is -2.45. The van der Waals surface area contributed by atoms with Crippen molar-refractivity contribution in [3.63, 3.8) is 0 Å². The molecule has 0 aliphatic heterocycles. The molecule has 1 aliphatic rings. The van der Waals surface area contributed by atoms with Gasteiger partial charge in [-0.2, -0.15) is 18.3 Å². The Morgan fingerprint density at radius 1 is 1.04 bits per heavy atom. The number of carbonyl (C=O) groups excluding carboxylic acids is 2. The van der Waals surface area contributed by atoms with Crippen LogP contribution in [0.4, 0.5) is 13.2 Å². The second-order valence-corrected chi connectivity index (χ2v) is 19.5. The van der Waals surface area contributed by atoms with Crippen molar-refractivity contribution in [2.75, 3.05) is 19.7 Å². The molecule has 1 fully saturated rings. The van der Waals surface area contributed by atoms with Crippen LogP contribution < -0.4 is 0 Å². The Morgan fingerprint density at radius 2 is 1.60 bits per heavy atom. The third kappa shape index (κ3) is 9.30. The van der Waals surface area contributed by atoms with Crippen molar-refractivity contribution in [3.8, 4) is 0 Å². The first-order valence-electron chi connectivity index (χ1n) is 16.4. The van der Waals surface area contributed by atoms with Crippen LogP contribution in [0, 0.1) is 10.8 Å². The van der Waals surface area contributed by atoms with Crippen molar-refractivity contribution in [2.24, 2.45) is 10.8 Å². The minimum Gasteiger partial charge on any atom is -0.466 e. The zero-order valence-corrected chi connectivity index (χ0v) is 31.3. The summed E-state index contributed by atoms with van der Waals surface area (Å²) in [5, 5.41) is 4.67. The SMILES string of the molecule is CCOC(=O)C1(C)CCC(n2ncc(C(=O)N(CC(O[Si](CC)(CC)CC)c3c(Cl)cncc3Cl)CC(C)(C)C)c2C(F)(F)F)CC1. The number of rotatable bonds is 13. The molecule has 1 unspecified atom stereocenters. The van der Waals surface area contributed by atoms with Gasteiger partial charge in [0.05, 0.1) is 52.5 Å². The van der Waals surface area contributed by atoms with Crippen LogP contribution in [-0.2, 0) is 20.1 Å². The Morgan fingerprint density at radius 3 is 2.06 bits per heavy atom. The Balaban J connectivity index is 2.07. The van der Waals surface area contributed by atoms with Crippen molar-refractivity contribution in [1.82, 2.24) is 19.7 Å². The van der Waals surface area contributed by atoms with Crippen LogP contribution in [0.2, 0.25) is 28.2 Å². The number of nitrogens with zero attached hydrogens (tertiary/aromatic N) is 4. The molecule has 14 heteroatoms. The monoisotopic (exact) mass is 720 g/mol. The normalized spacial score (nSPS) is 19.8. The largest absolute Gasteiger partial charge is 0.466 e. The molecule has 2 heterocycles. The van der Waals surface area contributed by atoms with Crippen molar-refractivity contribution >= 4 is 43.4 Å². The number of amides is 1. The first kappa shape index (κ1) is 39.3. The molecule has 264 valence electrons. The summed E-state index contributed by atoms with van der Waals surface area (Å²) in [6.07, 6.45) is -0.479. The molecule has 1 saturated carbocycles. The van der Waals surface area contributed by atoms with E-state index in [1.807, 2.05) is 20.8 Å². The predicted octanol–water partition coefficient (Wildman–Crippen LogP) is 9.54. The number of hydrogen-bond donors (Lipinski definition) is 0. The van der Waals surface area contributed by atoms with Crippen LogP contribution in [0.5, 0.6) is 0 Å². The van der Waals surface area contributed by atoms with Crippen molar-refractivity contribution < 1.29 is 31.9 Å². The molecule has 1 aliphatic carbocycles. The van der Waals surface area contributed by atoms with Gasteiger partial charge >= 0.3 is 12.1 Å². The molecule has 0 radical (unpaired) electrons. The summed E-state index contributed by atoms with van der Waals surface area (Å²) in [5.41, 5.74) is -2.42. The van der Waals surface area contributed by atoms with Gasteiger partial charge in [0.1, 0.15) is 0 Å². The molecule has 1 atom stereocenters. The van der Waals surface area contributed by atoms with Crippen LogP contribution >= 0.6 is 23.2 Å². The quantitative estimate of drug-likeness (QED) is 0.151. The standard InChI is InChI=1S/C33H49Cl2F3N4O4Si/c1-9-45-30(44)32(8)15-13-22(14-16-32)42-28(33(36,37)38)23(17-40-42)29(43)41(21-31(5,6)7)20-26(46-47(10-2,11-3)12-4)27-24(34)18-39-19-25(27)35/h17-19,22,26H,9-16,20-21H2,1-8H3. The van der Waals surface area contributed by atoms with E-state index in [1.54, 1.807) is 13.8 Å². The van der Waals surface area contributed by atoms with Crippen molar-refractivity contribution in [1.29, 1.82) is 0 Å². The van der Waals surface area contributed by atoms with Gasteiger partial charge in [-0.05, 0) is 63.1 Å². The highest BCUT2D eigenvalue weighted by Crippen LogP contribution is 2.44. The number of halogens is 5. The summed E-state index contributed by atoms with van der Waals surface area (Å²) in [4.78, 5) is 32.4. The minimum atomic E-state index is -4.86. The number of hydrogen-bond acceptors (Lipinski definition) is 6. The molecular formula is C33H49Cl2F3N4O4Si. The highest BCUT2D eigenvalue weighted by molar-refractivity contribution is 6.73. The second kappa shape index (κ2) is 15.6. The maximum atomic E-state index is 14.9. The smallest absolute Gasteiger partial charge is 0.433 e. The topological polar surface area (TPSA) is 86.6 Å². The molecule has 2 aromatic heterocycles. The van der Waals surface area contributed by atoms with Gasteiger partial charge in [-0.3, -0.25) is 19.3 Å². The predicted molar refractivity (Wildman–Crippen MR) is 180 cm³/mol. The molecular weight excluding hydrogens is 672 g/mol. The van der Waals surface area contributed by atoms with E-state index in [1.165, 1.54) is 17.3 Å². The lowest BCUT2D eigenvalue weighted by atomic mass is 9.74.